The Morgan fingerprint density at radius 2 is 1.56 bits per heavy atom. The molecule has 14 nitrogen and oxygen atoms in total. The molecule has 3 saturated heterocycles. The second-order valence-corrected chi connectivity index (χ2v) is 15.5. The van der Waals surface area contributed by atoms with E-state index in [9.17, 15) is 29.1 Å². The number of nitrogens with zero attached hydrogens (tertiary/aromatic N) is 5. The summed E-state index contributed by atoms with van der Waals surface area (Å²) in [7, 11) is 6.03. The number of fused-ring (bicyclic) bond motifs is 1. The first kappa shape index (κ1) is 40.4. The lowest BCUT2D eigenvalue weighted by atomic mass is 9.91. The number of halogens is 1. The molecule has 1 atom stereocenters. The highest BCUT2D eigenvalue weighted by Gasteiger charge is 2.37. The number of esters is 1. The Hall–Kier alpha value is -4.31. The highest BCUT2D eigenvalue weighted by molar-refractivity contribution is 9.10. The fourth-order valence-corrected chi connectivity index (χ4v) is 8.60. The van der Waals surface area contributed by atoms with E-state index in [1.165, 1.54) is 0 Å². The van der Waals surface area contributed by atoms with Gasteiger partial charge in [0.25, 0.3) is 5.91 Å². The summed E-state index contributed by atoms with van der Waals surface area (Å²) in [6, 6.07) is 11.1. The van der Waals surface area contributed by atoms with Crippen molar-refractivity contribution in [3.05, 3.63) is 52.0 Å². The number of nitrogens with one attached hydrogen (secondary N) is 1. The van der Waals surface area contributed by atoms with E-state index in [1.54, 1.807) is 33.8 Å². The van der Waals surface area contributed by atoms with E-state index in [0.717, 1.165) is 30.5 Å². The number of aromatic hydroxyl groups is 1. The minimum Gasteiger partial charge on any atom is -0.507 e. The summed E-state index contributed by atoms with van der Waals surface area (Å²) >= 11 is 3.33. The molecule has 16 heteroatoms. The zero-order chi connectivity index (χ0) is 39.1. The first-order valence-corrected chi connectivity index (χ1v) is 20.1. The minimum absolute atomic E-state index is 0.0332. The third-order valence-electron chi connectivity index (χ3n) is 11.2. The molecular weight excluding hydrogens is 771 g/mol. The number of likely N-dealkylation sites (tertiary alicyclic amines) is 2. The van der Waals surface area contributed by atoms with E-state index >= 15 is 0 Å². The van der Waals surface area contributed by atoms with Crippen molar-refractivity contribution in [2.24, 2.45) is 0 Å². The molecule has 0 bridgehead atoms. The Bertz CT molecular complexity index is 1700. The SMILES string of the molecule is [B]c1cc(C[C@@H](OC(=O)N2CCC(N3CCc4ccccc4NC3=O)CC2)C(=O)N2CCC(N3CCN(C(=O)CCC(=O)OCC)CC3)CC2)cc(Br)c1O. The summed E-state index contributed by atoms with van der Waals surface area (Å²) in [5, 5.41) is 13.2. The summed E-state index contributed by atoms with van der Waals surface area (Å²) < 4.78 is 11.3. The smallest absolute Gasteiger partial charge is 0.410 e. The maximum atomic E-state index is 14.1. The number of hydrogen-bond donors (Lipinski definition) is 2. The van der Waals surface area contributed by atoms with Crippen LogP contribution in [0.4, 0.5) is 15.3 Å². The molecule has 2 N–H and O–H groups in total. The topological polar surface area (TPSA) is 152 Å². The second-order valence-electron chi connectivity index (χ2n) is 14.6. The van der Waals surface area contributed by atoms with Crippen molar-refractivity contribution in [3.8, 4) is 5.75 Å². The van der Waals surface area contributed by atoms with Gasteiger partial charge < -0.3 is 39.5 Å². The number of benzene rings is 2. The molecule has 5 amide bonds. The van der Waals surface area contributed by atoms with E-state index in [1.807, 2.05) is 29.2 Å². The number of carbonyl (C=O) groups is 5. The predicted molar refractivity (Wildman–Crippen MR) is 209 cm³/mol. The average Bonchev–Trinajstić information content (AvgIpc) is 3.36. The van der Waals surface area contributed by atoms with Crippen LogP contribution in [0.15, 0.2) is 40.9 Å². The number of rotatable bonds is 10. The molecule has 0 unspecified atom stereocenters. The fraction of sp³-hybridized carbons (Fsp3) is 0.564. The first-order valence-electron chi connectivity index (χ1n) is 19.3. The van der Waals surface area contributed by atoms with Gasteiger partial charge in [-0.1, -0.05) is 29.7 Å². The number of amides is 5. The molecular formula is C39H50BBrN6O8. The Labute approximate surface area is 332 Å². The Morgan fingerprint density at radius 1 is 0.891 bits per heavy atom. The molecule has 2 aromatic carbocycles. The van der Waals surface area contributed by atoms with Gasteiger partial charge in [0.2, 0.25) is 5.91 Å². The van der Waals surface area contributed by atoms with Crippen LogP contribution in [0.25, 0.3) is 0 Å². The number of piperazine rings is 1. The lowest BCUT2D eigenvalue weighted by Gasteiger charge is -2.43. The lowest BCUT2D eigenvalue weighted by Crippen LogP contribution is -2.56. The van der Waals surface area contributed by atoms with Gasteiger partial charge in [0.05, 0.1) is 17.5 Å². The van der Waals surface area contributed by atoms with Crippen LogP contribution in [-0.4, -0.2) is 151 Å². The average molecular weight is 822 g/mol. The molecule has 6 rings (SSSR count). The molecule has 4 aliphatic rings. The second kappa shape index (κ2) is 18.6. The van der Waals surface area contributed by atoms with Gasteiger partial charge in [-0.05, 0) is 78.2 Å². The van der Waals surface area contributed by atoms with Gasteiger partial charge in [-0.3, -0.25) is 19.3 Å². The summed E-state index contributed by atoms with van der Waals surface area (Å²) in [5.74, 6) is -0.795. The summed E-state index contributed by atoms with van der Waals surface area (Å²) in [6.45, 7) is 6.98. The zero-order valence-corrected chi connectivity index (χ0v) is 33.0. The normalized spacial score (nSPS) is 19.3. The van der Waals surface area contributed by atoms with Crippen molar-refractivity contribution in [3.63, 3.8) is 0 Å². The van der Waals surface area contributed by atoms with E-state index < -0.39 is 12.2 Å². The number of carbonyl (C=O) groups excluding carboxylic acids is 5. The minimum atomic E-state index is -1.11. The van der Waals surface area contributed by atoms with Gasteiger partial charge in [0.1, 0.15) is 13.6 Å². The quantitative estimate of drug-likeness (QED) is 0.272. The number of para-hydroxylation sites is 1. The molecule has 294 valence electrons. The highest BCUT2D eigenvalue weighted by atomic mass is 79.9. The Morgan fingerprint density at radius 3 is 2.25 bits per heavy atom. The molecule has 0 aromatic heterocycles. The molecule has 2 aromatic rings. The van der Waals surface area contributed by atoms with Crippen molar-refractivity contribution in [1.29, 1.82) is 0 Å². The van der Waals surface area contributed by atoms with E-state index in [4.69, 9.17) is 17.3 Å². The van der Waals surface area contributed by atoms with E-state index in [0.29, 0.717) is 88.4 Å². The number of anilines is 1. The predicted octanol–water partition coefficient (Wildman–Crippen LogP) is 3.03. The summed E-state index contributed by atoms with van der Waals surface area (Å²) in [4.78, 5) is 74.6. The highest BCUT2D eigenvalue weighted by Crippen LogP contribution is 2.27. The van der Waals surface area contributed by atoms with Crippen molar-refractivity contribution in [2.45, 2.75) is 76.5 Å². The molecule has 0 spiro atoms. The van der Waals surface area contributed by atoms with Gasteiger partial charge >= 0.3 is 18.1 Å². The van der Waals surface area contributed by atoms with Crippen molar-refractivity contribution in [2.75, 3.05) is 70.8 Å². The van der Waals surface area contributed by atoms with Crippen LogP contribution in [0.3, 0.4) is 0 Å². The number of ether oxygens (including phenoxy) is 2. The van der Waals surface area contributed by atoms with E-state index in [2.05, 4.69) is 26.1 Å². The first-order chi connectivity index (χ1) is 26.5. The molecule has 0 saturated carbocycles. The molecule has 3 fully saturated rings. The van der Waals surface area contributed by atoms with Gasteiger partial charge in [0, 0.05) is 89.5 Å². The van der Waals surface area contributed by atoms with Crippen LogP contribution in [0, 0.1) is 0 Å². The number of phenolic OH excluding ortho intramolecular Hbond substituents is 1. The molecule has 4 heterocycles. The zero-order valence-electron chi connectivity index (χ0n) is 31.4. The number of hydrogen-bond acceptors (Lipinski definition) is 9. The third-order valence-corrected chi connectivity index (χ3v) is 11.8. The molecule has 2 radical (unpaired) electrons. The van der Waals surface area contributed by atoms with Gasteiger partial charge in [-0.15, -0.1) is 0 Å². The van der Waals surface area contributed by atoms with Crippen LogP contribution >= 0.6 is 15.9 Å². The van der Waals surface area contributed by atoms with Crippen LogP contribution < -0.4 is 10.8 Å². The van der Waals surface area contributed by atoms with Crippen molar-refractivity contribution < 1.29 is 38.6 Å². The number of phenols is 1. The van der Waals surface area contributed by atoms with Crippen LogP contribution in [0.2, 0.25) is 0 Å². The maximum Gasteiger partial charge on any atom is 0.410 e. The number of urea groups is 1. The summed E-state index contributed by atoms with van der Waals surface area (Å²) in [6.07, 6.45) is 2.00. The van der Waals surface area contributed by atoms with Gasteiger partial charge in [0.15, 0.2) is 6.10 Å². The van der Waals surface area contributed by atoms with Crippen LogP contribution in [-0.2, 0) is 36.7 Å². The van der Waals surface area contributed by atoms with Crippen molar-refractivity contribution in [1.82, 2.24) is 24.5 Å². The molecule has 0 aliphatic carbocycles. The largest absolute Gasteiger partial charge is 0.507 e. The van der Waals surface area contributed by atoms with Gasteiger partial charge in [-0.25, -0.2) is 9.59 Å². The standard InChI is InChI=1S/C39H50BBrN6O8/c1-2-54-35(49)8-7-34(48)44-21-19-43(20-22-44)28-10-14-45(15-11-28)37(51)33(25-26-23-30(40)36(50)31(41)24-26)55-39(53)46-16-12-29(13-17-46)47-18-9-27-5-3-4-6-32(27)42-38(47)52/h3-6,23-24,28-29,33,50H,2,7-22,25H2,1H3,(H,42,52)/t33-/m1/s1. The lowest BCUT2D eigenvalue weighted by molar-refractivity contribution is -0.146. The molecule has 4 aliphatic heterocycles. The third kappa shape index (κ3) is 10.1. The fourth-order valence-electron chi connectivity index (χ4n) is 8.08. The van der Waals surface area contributed by atoms with Crippen molar-refractivity contribution >= 4 is 64.8 Å². The van der Waals surface area contributed by atoms with Crippen LogP contribution in [0.5, 0.6) is 5.75 Å². The maximum absolute atomic E-state index is 14.1. The number of piperidine rings is 2. The van der Waals surface area contributed by atoms with Gasteiger partial charge in [-0.2, -0.15) is 0 Å². The van der Waals surface area contributed by atoms with E-state index in [-0.39, 0.29) is 66.4 Å². The summed E-state index contributed by atoms with van der Waals surface area (Å²) in [5.41, 5.74) is 2.70. The Kier molecular flexibility index (Phi) is 13.6. The molecule has 55 heavy (non-hydrogen) atoms. The van der Waals surface area contributed by atoms with Crippen LogP contribution in [0.1, 0.15) is 56.6 Å². The monoisotopic (exact) mass is 820 g/mol. The Balaban J connectivity index is 1.03.